The van der Waals surface area contributed by atoms with Gasteiger partial charge in [-0.3, -0.25) is 15.0 Å². The summed E-state index contributed by atoms with van der Waals surface area (Å²) in [7, 11) is 0. The third kappa shape index (κ3) is 6.00. The fraction of sp³-hybridized carbons (Fsp3) is 0.833. The number of nitrogens with one attached hydrogen (secondary N) is 2. The van der Waals surface area contributed by atoms with E-state index in [9.17, 15) is 9.59 Å². The van der Waals surface area contributed by atoms with Crippen LogP contribution in [0.3, 0.4) is 0 Å². The lowest BCUT2D eigenvalue weighted by Crippen LogP contribution is -2.52. The maximum absolute atomic E-state index is 11.7. The van der Waals surface area contributed by atoms with Gasteiger partial charge in [-0.1, -0.05) is 6.92 Å². The van der Waals surface area contributed by atoms with Gasteiger partial charge < -0.3 is 15.2 Å². The molecule has 0 bridgehead atoms. The molecule has 1 aliphatic heterocycles. The minimum absolute atomic E-state index is 0.0346. The first kappa shape index (κ1) is 15.9. The molecule has 19 heavy (non-hydrogen) atoms. The van der Waals surface area contributed by atoms with E-state index in [1.54, 1.807) is 0 Å². The average molecular weight is 273 g/mol. The Morgan fingerprint density at radius 3 is 2.79 bits per heavy atom. The van der Waals surface area contributed by atoms with Gasteiger partial charge in [0.15, 0.2) is 0 Å². The van der Waals surface area contributed by atoms with Crippen molar-refractivity contribution in [3.05, 3.63) is 0 Å². The van der Waals surface area contributed by atoms with Crippen molar-refractivity contribution in [2.45, 2.75) is 32.5 Å². The molecule has 0 radical (unpaired) electrons. The van der Waals surface area contributed by atoms with Gasteiger partial charge in [-0.25, -0.2) is 4.79 Å². The predicted octanol–water partition coefficient (Wildman–Crippen LogP) is -0.696. The number of morpholine rings is 1. The minimum atomic E-state index is -0.466. The van der Waals surface area contributed by atoms with Crippen LogP contribution in [0.5, 0.6) is 0 Å². The Labute approximate surface area is 113 Å². The molecular formula is C12H23N3O4. The van der Waals surface area contributed by atoms with Gasteiger partial charge >= 0.3 is 6.03 Å². The Bertz CT molecular complexity index is 311. The fourth-order valence-electron chi connectivity index (χ4n) is 2.02. The zero-order valence-corrected chi connectivity index (χ0v) is 11.5. The number of hydrogen-bond acceptors (Lipinski definition) is 5. The highest BCUT2D eigenvalue weighted by molar-refractivity contribution is 5.95. The summed E-state index contributed by atoms with van der Waals surface area (Å²) < 4.78 is 5.48. The van der Waals surface area contributed by atoms with Gasteiger partial charge in [0.2, 0.25) is 5.91 Å². The molecule has 3 amide bonds. The van der Waals surface area contributed by atoms with Crippen LogP contribution in [-0.2, 0) is 9.53 Å². The summed E-state index contributed by atoms with van der Waals surface area (Å²) >= 11 is 0. The van der Waals surface area contributed by atoms with Crippen molar-refractivity contribution in [1.29, 1.82) is 0 Å². The normalized spacial score (nSPS) is 23.9. The number of aliphatic hydroxyl groups is 1. The third-order valence-electron chi connectivity index (χ3n) is 2.76. The second kappa shape index (κ2) is 8.08. The molecule has 7 heteroatoms. The molecule has 0 aromatic rings. The molecular weight excluding hydrogens is 250 g/mol. The molecule has 1 saturated heterocycles. The number of nitrogens with zero attached hydrogens (tertiary/aromatic N) is 1. The van der Waals surface area contributed by atoms with Crippen LogP contribution >= 0.6 is 0 Å². The highest BCUT2D eigenvalue weighted by atomic mass is 16.5. The van der Waals surface area contributed by atoms with Gasteiger partial charge in [0.1, 0.15) is 0 Å². The Kier molecular flexibility index (Phi) is 6.75. The molecule has 1 rings (SSSR count). The molecule has 110 valence electrons. The van der Waals surface area contributed by atoms with Crippen molar-refractivity contribution < 1.29 is 19.4 Å². The van der Waals surface area contributed by atoms with Crippen LogP contribution in [0.2, 0.25) is 0 Å². The minimum Gasteiger partial charge on any atom is -0.394 e. The van der Waals surface area contributed by atoms with Gasteiger partial charge in [0, 0.05) is 19.6 Å². The standard InChI is InChI=1S/C12H23N3O4/c1-3-4-13-12(18)14-11(17)7-15-5-9(2)19-10(6-15)8-16/h9-10,16H,3-8H2,1-2H3,(H2,13,14,17,18). The van der Waals surface area contributed by atoms with E-state index in [1.807, 2.05) is 18.7 Å². The van der Waals surface area contributed by atoms with Crippen molar-refractivity contribution in [1.82, 2.24) is 15.5 Å². The molecule has 0 saturated carbocycles. The van der Waals surface area contributed by atoms with E-state index in [0.29, 0.717) is 19.6 Å². The summed E-state index contributed by atoms with van der Waals surface area (Å²) in [5, 5.41) is 13.9. The molecule has 1 heterocycles. The number of ether oxygens (including phenoxy) is 1. The Balaban J connectivity index is 2.33. The van der Waals surface area contributed by atoms with Crippen molar-refractivity contribution in [2.75, 3.05) is 32.8 Å². The molecule has 3 N–H and O–H groups in total. The summed E-state index contributed by atoms with van der Waals surface area (Å²) in [5.74, 6) is -0.348. The van der Waals surface area contributed by atoms with E-state index >= 15 is 0 Å². The van der Waals surface area contributed by atoms with Gasteiger partial charge in [-0.15, -0.1) is 0 Å². The lowest BCUT2D eigenvalue weighted by molar-refractivity contribution is -0.127. The second-order valence-corrected chi connectivity index (χ2v) is 4.75. The van der Waals surface area contributed by atoms with E-state index in [4.69, 9.17) is 9.84 Å². The highest BCUT2D eigenvalue weighted by Crippen LogP contribution is 2.10. The molecule has 2 unspecified atom stereocenters. The van der Waals surface area contributed by atoms with E-state index in [1.165, 1.54) is 0 Å². The van der Waals surface area contributed by atoms with Crippen molar-refractivity contribution in [2.24, 2.45) is 0 Å². The molecule has 7 nitrogen and oxygen atoms in total. The highest BCUT2D eigenvalue weighted by Gasteiger charge is 2.26. The number of aliphatic hydroxyl groups excluding tert-OH is 1. The van der Waals surface area contributed by atoms with Crippen LogP contribution in [-0.4, -0.2) is 66.9 Å². The number of imide groups is 1. The van der Waals surface area contributed by atoms with Gasteiger partial charge in [-0.05, 0) is 13.3 Å². The van der Waals surface area contributed by atoms with E-state index in [-0.39, 0.29) is 31.3 Å². The smallest absolute Gasteiger partial charge is 0.321 e. The SMILES string of the molecule is CCCNC(=O)NC(=O)CN1CC(C)OC(CO)C1. The monoisotopic (exact) mass is 273 g/mol. The number of hydrogen-bond donors (Lipinski definition) is 3. The van der Waals surface area contributed by atoms with Crippen LogP contribution in [0.15, 0.2) is 0 Å². The van der Waals surface area contributed by atoms with Crippen LogP contribution in [0, 0.1) is 0 Å². The summed E-state index contributed by atoms with van der Waals surface area (Å²) in [6, 6.07) is -0.466. The molecule has 0 aromatic heterocycles. The Hall–Kier alpha value is -1.18. The molecule has 0 aromatic carbocycles. The first-order chi connectivity index (χ1) is 9.05. The molecule has 0 aliphatic carbocycles. The summed E-state index contributed by atoms with van der Waals surface area (Å²) in [6.45, 7) is 5.53. The summed E-state index contributed by atoms with van der Waals surface area (Å²) in [5.41, 5.74) is 0. The Morgan fingerprint density at radius 2 is 2.16 bits per heavy atom. The van der Waals surface area contributed by atoms with Gasteiger partial charge in [0.25, 0.3) is 0 Å². The van der Waals surface area contributed by atoms with Crippen molar-refractivity contribution >= 4 is 11.9 Å². The molecule has 2 atom stereocenters. The quantitative estimate of drug-likeness (QED) is 0.616. The van der Waals surface area contributed by atoms with Crippen LogP contribution in [0.4, 0.5) is 4.79 Å². The first-order valence-corrected chi connectivity index (χ1v) is 6.61. The Morgan fingerprint density at radius 1 is 1.42 bits per heavy atom. The molecule has 1 aliphatic rings. The largest absolute Gasteiger partial charge is 0.394 e. The lowest BCUT2D eigenvalue weighted by atomic mass is 10.2. The maximum atomic E-state index is 11.7. The summed E-state index contributed by atoms with van der Waals surface area (Å²) in [6.07, 6.45) is 0.513. The number of carbonyl (C=O) groups is 2. The maximum Gasteiger partial charge on any atom is 0.321 e. The van der Waals surface area contributed by atoms with Crippen LogP contribution in [0.1, 0.15) is 20.3 Å². The molecule has 1 fully saturated rings. The lowest BCUT2D eigenvalue weighted by Gasteiger charge is -2.35. The van der Waals surface area contributed by atoms with E-state index < -0.39 is 6.03 Å². The predicted molar refractivity (Wildman–Crippen MR) is 69.7 cm³/mol. The van der Waals surface area contributed by atoms with E-state index in [2.05, 4.69) is 10.6 Å². The number of urea groups is 1. The zero-order chi connectivity index (χ0) is 14.3. The molecule has 0 spiro atoms. The number of amides is 3. The third-order valence-corrected chi connectivity index (χ3v) is 2.76. The zero-order valence-electron chi connectivity index (χ0n) is 11.5. The fourth-order valence-corrected chi connectivity index (χ4v) is 2.02. The number of rotatable bonds is 5. The van der Waals surface area contributed by atoms with E-state index in [0.717, 1.165) is 6.42 Å². The number of carbonyl (C=O) groups excluding carboxylic acids is 2. The summed E-state index contributed by atoms with van der Waals surface area (Å²) in [4.78, 5) is 24.9. The topological polar surface area (TPSA) is 90.9 Å². The first-order valence-electron chi connectivity index (χ1n) is 6.61. The van der Waals surface area contributed by atoms with Crippen molar-refractivity contribution in [3.8, 4) is 0 Å². The van der Waals surface area contributed by atoms with Crippen molar-refractivity contribution in [3.63, 3.8) is 0 Å². The second-order valence-electron chi connectivity index (χ2n) is 4.75. The average Bonchev–Trinajstić information content (AvgIpc) is 2.35. The van der Waals surface area contributed by atoms with Crippen LogP contribution in [0.25, 0.3) is 0 Å². The van der Waals surface area contributed by atoms with Gasteiger partial charge in [0.05, 0.1) is 25.4 Å². The van der Waals surface area contributed by atoms with Gasteiger partial charge in [-0.2, -0.15) is 0 Å². The van der Waals surface area contributed by atoms with Crippen LogP contribution < -0.4 is 10.6 Å².